The molecule has 0 bridgehead atoms. The van der Waals surface area contributed by atoms with Gasteiger partial charge in [0.25, 0.3) is 0 Å². The van der Waals surface area contributed by atoms with Gasteiger partial charge in [-0.2, -0.15) is 0 Å². The second-order valence-corrected chi connectivity index (χ2v) is 6.66. The normalized spacial score (nSPS) is 43.1. The zero-order valence-electron chi connectivity index (χ0n) is 11.6. The molecule has 0 radical (unpaired) electrons. The summed E-state index contributed by atoms with van der Waals surface area (Å²) in [6, 6.07) is 0. The van der Waals surface area contributed by atoms with Gasteiger partial charge in [-0.3, -0.25) is 0 Å². The van der Waals surface area contributed by atoms with Crippen LogP contribution in [-0.2, 0) is 0 Å². The smallest absolute Gasteiger partial charge is 0.115 e. The van der Waals surface area contributed by atoms with Crippen LogP contribution in [0.5, 0.6) is 0 Å². The molecule has 2 fully saturated rings. The SMILES string of the molecule is CC1CCC(C(C)(F)C2CCCNC2)CC1C. The van der Waals surface area contributed by atoms with E-state index in [4.69, 9.17) is 0 Å². The molecule has 5 atom stereocenters. The summed E-state index contributed by atoms with van der Waals surface area (Å²) in [5.74, 6) is 2.01. The number of hydrogen-bond donors (Lipinski definition) is 1. The predicted molar refractivity (Wildman–Crippen MR) is 70.8 cm³/mol. The van der Waals surface area contributed by atoms with E-state index in [0.717, 1.165) is 44.7 Å². The molecule has 1 heterocycles. The van der Waals surface area contributed by atoms with E-state index < -0.39 is 5.67 Å². The fourth-order valence-electron chi connectivity index (χ4n) is 3.73. The van der Waals surface area contributed by atoms with E-state index in [1.165, 1.54) is 6.42 Å². The highest BCUT2D eigenvalue weighted by Gasteiger charge is 2.44. The highest BCUT2D eigenvalue weighted by Crippen LogP contribution is 2.45. The molecular weight excluding hydrogens is 213 g/mol. The Morgan fingerprint density at radius 1 is 1.06 bits per heavy atom. The Hall–Kier alpha value is -0.110. The minimum absolute atomic E-state index is 0.238. The Morgan fingerprint density at radius 2 is 1.82 bits per heavy atom. The number of halogens is 1. The van der Waals surface area contributed by atoms with Crippen LogP contribution >= 0.6 is 0 Å². The molecule has 5 unspecified atom stereocenters. The number of piperidine rings is 1. The van der Waals surface area contributed by atoms with Crippen molar-refractivity contribution >= 4 is 0 Å². The molecule has 1 N–H and O–H groups in total. The monoisotopic (exact) mass is 241 g/mol. The summed E-state index contributed by atoms with van der Waals surface area (Å²) >= 11 is 0. The van der Waals surface area contributed by atoms with Gasteiger partial charge in [-0.05, 0) is 56.9 Å². The summed E-state index contributed by atoms with van der Waals surface area (Å²) in [6.07, 6.45) is 5.61. The fraction of sp³-hybridized carbons (Fsp3) is 1.00. The molecule has 0 aromatic rings. The minimum Gasteiger partial charge on any atom is -0.316 e. The topological polar surface area (TPSA) is 12.0 Å². The maximum Gasteiger partial charge on any atom is 0.115 e. The summed E-state index contributed by atoms with van der Waals surface area (Å²) in [6.45, 7) is 8.45. The molecule has 0 aromatic heterocycles. The first-order valence-corrected chi connectivity index (χ1v) is 7.41. The van der Waals surface area contributed by atoms with Crippen LogP contribution in [0, 0.1) is 23.7 Å². The molecule has 2 aliphatic rings. The van der Waals surface area contributed by atoms with E-state index in [0.29, 0.717) is 11.8 Å². The fourth-order valence-corrected chi connectivity index (χ4v) is 3.73. The molecule has 1 aliphatic heterocycles. The average molecular weight is 241 g/mol. The Balaban J connectivity index is 1.99. The Morgan fingerprint density at radius 3 is 2.41 bits per heavy atom. The molecule has 2 rings (SSSR count). The predicted octanol–water partition coefficient (Wildman–Crippen LogP) is 3.79. The van der Waals surface area contributed by atoms with Crippen molar-refractivity contribution in [1.29, 1.82) is 0 Å². The number of nitrogens with one attached hydrogen (secondary N) is 1. The quantitative estimate of drug-likeness (QED) is 0.775. The van der Waals surface area contributed by atoms with Gasteiger partial charge in [0.1, 0.15) is 5.67 Å². The van der Waals surface area contributed by atoms with Gasteiger partial charge in [-0.25, -0.2) is 4.39 Å². The lowest BCUT2D eigenvalue weighted by molar-refractivity contribution is -0.0132. The maximum atomic E-state index is 15.1. The van der Waals surface area contributed by atoms with Crippen molar-refractivity contribution < 1.29 is 4.39 Å². The van der Waals surface area contributed by atoms with Crippen molar-refractivity contribution in [3.05, 3.63) is 0 Å². The summed E-state index contributed by atoms with van der Waals surface area (Å²) in [5, 5.41) is 3.36. The average Bonchev–Trinajstić information content (AvgIpc) is 2.33. The van der Waals surface area contributed by atoms with Crippen molar-refractivity contribution in [2.24, 2.45) is 23.7 Å². The van der Waals surface area contributed by atoms with E-state index >= 15 is 4.39 Å². The lowest BCUT2D eigenvalue weighted by Gasteiger charge is -2.44. The van der Waals surface area contributed by atoms with Crippen LogP contribution in [0.15, 0.2) is 0 Å². The lowest BCUT2D eigenvalue weighted by Crippen LogP contribution is -2.47. The molecule has 1 saturated heterocycles. The van der Waals surface area contributed by atoms with Crippen molar-refractivity contribution in [2.45, 2.75) is 58.5 Å². The number of rotatable bonds is 2. The van der Waals surface area contributed by atoms with Crippen molar-refractivity contribution in [1.82, 2.24) is 5.32 Å². The molecule has 1 saturated carbocycles. The van der Waals surface area contributed by atoms with E-state index in [2.05, 4.69) is 19.2 Å². The number of alkyl halides is 1. The van der Waals surface area contributed by atoms with Gasteiger partial charge in [-0.15, -0.1) is 0 Å². The van der Waals surface area contributed by atoms with Crippen LogP contribution in [0.1, 0.15) is 52.9 Å². The Bertz CT molecular complexity index is 245. The zero-order valence-corrected chi connectivity index (χ0v) is 11.6. The van der Waals surface area contributed by atoms with Crippen LogP contribution < -0.4 is 5.32 Å². The summed E-state index contributed by atoms with van der Waals surface area (Å²) in [4.78, 5) is 0. The minimum atomic E-state index is -0.957. The first kappa shape index (κ1) is 13.3. The van der Waals surface area contributed by atoms with Gasteiger partial charge in [-0.1, -0.05) is 20.3 Å². The van der Waals surface area contributed by atoms with Crippen molar-refractivity contribution in [3.63, 3.8) is 0 Å². The zero-order chi connectivity index (χ0) is 12.5. The van der Waals surface area contributed by atoms with Crippen LogP contribution in [0.4, 0.5) is 4.39 Å². The largest absolute Gasteiger partial charge is 0.316 e. The molecule has 0 amide bonds. The molecular formula is C15H28FN. The second-order valence-electron chi connectivity index (χ2n) is 6.66. The van der Waals surface area contributed by atoms with Crippen LogP contribution in [0.3, 0.4) is 0 Å². The van der Waals surface area contributed by atoms with Crippen LogP contribution in [-0.4, -0.2) is 18.8 Å². The van der Waals surface area contributed by atoms with E-state index in [-0.39, 0.29) is 5.92 Å². The van der Waals surface area contributed by atoms with Gasteiger partial charge in [0.2, 0.25) is 0 Å². The Kier molecular flexibility index (Phi) is 4.12. The standard InChI is InChI=1S/C15H28FN/c1-11-6-7-13(9-12(11)2)15(3,16)14-5-4-8-17-10-14/h11-14,17H,4-10H2,1-3H3. The second kappa shape index (κ2) is 5.26. The van der Waals surface area contributed by atoms with Gasteiger partial charge in [0, 0.05) is 12.5 Å². The maximum absolute atomic E-state index is 15.1. The molecule has 0 aromatic carbocycles. The first-order valence-electron chi connectivity index (χ1n) is 7.41. The van der Waals surface area contributed by atoms with E-state index in [1.807, 2.05) is 6.92 Å². The van der Waals surface area contributed by atoms with Crippen molar-refractivity contribution in [3.8, 4) is 0 Å². The van der Waals surface area contributed by atoms with E-state index in [1.54, 1.807) is 0 Å². The third kappa shape index (κ3) is 2.83. The highest BCUT2D eigenvalue weighted by molar-refractivity contribution is 4.94. The summed E-state index contributed by atoms with van der Waals surface area (Å²) in [7, 11) is 0. The molecule has 100 valence electrons. The van der Waals surface area contributed by atoms with Gasteiger partial charge < -0.3 is 5.32 Å². The third-order valence-electron chi connectivity index (χ3n) is 5.49. The molecule has 2 heteroatoms. The summed E-state index contributed by atoms with van der Waals surface area (Å²) < 4.78 is 15.1. The molecule has 17 heavy (non-hydrogen) atoms. The third-order valence-corrected chi connectivity index (χ3v) is 5.49. The Labute approximate surface area is 106 Å². The molecule has 0 spiro atoms. The van der Waals surface area contributed by atoms with Crippen LogP contribution in [0.25, 0.3) is 0 Å². The van der Waals surface area contributed by atoms with Gasteiger partial charge in [0.15, 0.2) is 0 Å². The van der Waals surface area contributed by atoms with Crippen molar-refractivity contribution in [2.75, 3.05) is 13.1 Å². The van der Waals surface area contributed by atoms with E-state index in [9.17, 15) is 0 Å². The molecule has 1 nitrogen and oxygen atoms in total. The molecule has 1 aliphatic carbocycles. The van der Waals surface area contributed by atoms with Crippen LogP contribution in [0.2, 0.25) is 0 Å². The van der Waals surface area contributed by atoms with Gasteiger partial charge in [0.05, 0.1) is 0 Å². The lowest BCUT2D eigenvalue weighted by atomic mass is 9.66. The first-order chi connectivity index (χ1) is 8.01. The number of hydrogen-bond acceptors (Lipinski definition) is 1. The highest BCUT2D eigenvalue weighted by atomic mass is 19.1. The van der Waals surface area contributed by atoms with Gasteiger partial charge >= 0.3 is 0 Å². The summed E-state index contributed by atoms with van der Waals surface area (Å²) in [5.41, 5.74) is -0.957.